The molecule has 2 aliphatic rings. The smallest absolute Gasteiger partial charge is 0.331 e. The Morgan fingerprint density at radius 3 is 2.50 bits per heavy atom. The Balaban J connectivity index is 1.40. The van der Waals surface area contributed by atoms with E-state index in [2.05, 4.69) is 33.5 Å². The number of amides is 2. The molecule has 2 bridgehead atoms. The van der Waals surface area contributed by atoms with Crippen LogP contribution < -0.4 is 5.32 Å². The highest BCUT2D eigenvalue weighted by molar-refractivity contribution is 5.78. The van der Waals surface area contributed by atoms with Crippen LogP contribution in [-0.4, -0.2) is 33.0 Å². The van der Waals surface area contributed by atoms with Crippen molar-refractivity contribution in [1.29, 1.82) is 0 Å². The van der Waals surface area contributed by atoms with Gasteiger partial charge in [0.2, 0.25) is 0 Å². The number of hydrogen-bond acceptors (Lipinski definition) is 3. The van der Waals surface area contributed by atoms with Crippen LogP contribution in [-0.2, 0) is 12.7 Å². The highest BCUT2D eigenvalue weighted by Crippen LogP contribution is 2.38. The lowest BCUT2D eigenvalue weighted by Crippen LogP contribution is -2.48. The highest BCUT2D eigenvalue weighted by atomic mass is 19.4. The molecule has 0 unspecified atom stereocenters. The van der Waals surface area contributed by atoms with E-state index in [-0.39, 0.29) is 30.5 Å². The average Bonchev–Trinajstić information content (AvgIpc) is 2.96. The molecule has 8 heteroatoms. The van der Waals surface area contributed by atoms with Crippen molar-refractivity contribution in [2.45, 2.75) is 44.1 Å². The average molecular weight is 388 g/mol. The minimum Gasteiger partial charge on any atom is -0.331 e. The van der Waals surface area contributed by atoms with E-state index in [0.717, 1.165) is 31.7 Å². The van der Waals surface area contributed by atoms with Crippen LogP contribution in [0, 0.1) is 0 Å². The quantitative estimate of drug-likeness (QED) is 0.864. The van der Waals surface area contributed by atoms with Gasteiger partial charge in [0.05, 0.1) is 18.2 Å². The summed E-state index contributed by atoms with van der Waals surface area (Å²) in [6.07, 6.45) is 1.77. The van der Waals surface area contributed by atoms with Crippen molar-refractivity contribution < 1.29 is 18.0 Å². The highest BCUT2D eigenvalue weighted by Gasteiger charge is 2.39. The normalized spacial score (nSPS) is 21.4. The molecule has 28 heavy (non-hydrogen) atoms. The monoisotopic (exact) mass is 388 g/mol. The van der Waals surface area contributed by atoms with E-state index in [1.54, 1.807) is 0 Å². The molecular weight excluding hydrogens is 369 g/mol. The lowest BCUT2D eigenvalue weighted by atomic mass is 9.95. The van der Waals surface area contributed by atoms with Crippen molar-refractivity contribution in [2.24, 2.45) is 0 Å². The lowest BCUT2D eigenvalue weighted by Gasteiger charge is -2.34. The first-order valence-corrected chi connectivity index (χ1v) is 9.12. The number of nitrogens with zero attached hydrogens (tertiary/aromatic N) is 3. The lowest BCUT2D eigenvalue weighted by molar-refractivity contribution is -0.138. The van der Waals surface area contributed by atoms with Gasteiger partial charge in [-0.2, -0.15) is 13.2 Å². The van der Waals surface area contributed by atoms with E-state index in [1.807, 2.05) is 23.1 Å². The number of nitrogens with one attached hydrogen (secondary N) is 1. The van der Waals surface area contributed by atoms with Gasteiger partial charge in [0.25, 0.3) is 0 Å². The molecule has 1 N–H and O–H groups in total. The van der Waals surface area contributed by atoms with Crippen LogP contribution in [0.5, 0.6) is 0 Å². The number of rotatable bonds is 3. The standard InChI is InChI=1S/C20H19F3N4O/c21-20(22,23)15-10-24-18(25-11-15)12-26-19(28)27-16-6-7-17(27)9-14(8-16)13-4-2-1-3-5-13/h1-5,8,10-11,16-17H,6-7,9,12H2,(H,26,28)/t16-,17-/m1/s1. The number of alkyl halides is 3. The van der Waals surface area contributed by atoms with Gasteiger partial charge in [0.1, 0.15) is 5.82 Å². The molecule has 2 aliphatic heterocycles. The number of halogens is 3. The number of aromatic nitrogens is 2. The summed E-state index contributed by atoms with van der Waals surface area (Å²) in [5, 5.41) is 2.73. The Hall–Kier alpha value is -2.90. The maximum absolute atomic E-state index is 12.7. The number of urea groups is 1. The Labute approximate surface area is 160 Å². The largest absolute Gasteiger partial charge is 0.419 e. The Kier molecular flexibility index (Phi) is 4.78. The molecule has 3 heterocycles. The van der Waals surface area contributed by atoms with Crippen molar-refractivity contribution in [2.75, 3.05) is 0 Å². The van der Waals surface area contributed by atoms with E-state index in [1.165, 1.54) is 11.1 Å². The Morgan fingerprint density at radius 1 is 1.14 bits per heavy atom. The molecule has 0 saturated carbocycles. The predicted molar refractivity (Wildman–Crippen MR) is 97.0 cm³/mol. The molecular formula is C20H19F3N4O. The van der Waals surface area contributed by atoms with Crippen LogP contribution in [0.4, 0.5) is 18.0 Å². The van der Waals surface area contributed by atoms with Crippen molar-refractivity contribution in [3.05, 3.63) is 65.8 Å². The number of benzene rings is 1. The summed E-state index contributed by atoms with van der Waals surface area (Å²) in [5.74, 6) is 0.145. The van der Waals surface area contributed by atoms with E-state index in [9.17, 15) is 18.0 Å². The first-order chi connectivity index (χ1) is 13.4. The van der Waals surface area contributed by atoms with Gasteiger partial charge in [-0.25, -0.2) is 14.8 Å². The van der Waals surface area contributed by atoms with Gasteiger partial charge in [0, 0.05) is 18.4 Å². The zero-order valence-corrected chi connectivity index (χ0v) is 15.0. The van der Waals surface area contributed by atoms with Gasteiger partial charge in [-0.15, -0.1) is 0 Å². The molecule has 1 fully saturated rings. The maximum Gasteiger partial charge on any atom is 0.419 e. The number of carbonyl (C=O) groups excluding carboxylic acids is 1. The molecule has 2 atom stereocenters. The summed E-state index contributed by atoms with van der Waals surface area (Å²) < 4.78 is 37.7. The SMILES string of the molecule is O=C(NCc1ncc(C(F)(F)F)cn1)N1[C@@H]2CC[C@@H]1C=C(c1ccccc1)C2. The van der Waals surface area contributed by atoms with E-state index in [0.29, 0.717) is 0 Å². The third-order valence-electron chi connectivity index (χ3n) is 5.20. The molecule has 146 valence electrons. The van der Waals surface area contributed by atoms with E-state index < -0.39 is 11.7 Å². The zero-order valence-electron chi connectivity index (χ0n) is 15.0. The molecule has 2 amide bonds. The van der Waals surface area contributed by atoms with Crippen molar-refractivity contribution in [3.63, 3.8) is 0 Å². The summed E-state index contributed by atoms with van der Waals surface area (Å²) in [7, 11) is 0. The second kappa shape index (κ2) is 7.26. The number of hydrogen-bond donors (Lipinski definition) is 1. The maximum atomic E-state index is 12.7. The molecule has 0 aliphatic carbocycles. The first kappa shape index (κ1) is 18.5. The summed E-state index contributed by atoms with van der Waals surface area (Å²) in [6.45, 7) is -0.0117. The van der Waals surface area contributed by atoms with Crippen LogP contribution in [0.2, 0.25) is 0 Å². The summed E-state index contributed by atoms with van der Waals surface area (Å²) in [4.78, 5) is 21.9. The van der Waals surface area contributed by atoms with Gasteiger partial charge in [-0.05, 0) is 30.4 Å². The Bertz CT molecular complexity index is 881. The van der Waals surface area contributed by atoms with E-state index in [4.69, 9.17) is 0 Å². The molecule has 5 nitrogen and oxygen atoms in total. The van der Waals surface area contributed by atoms with E-state index >= 15 is 0 Å². The van der Waals surface area contributed by atoms with Gasteiger partial charge < -0.3 is 10.2 Å². The molecule has 2 aromatic rings. The number of carbonyl (C=O) groups is 1. The van der Waals surface area contributed by atoms with Crippen LogP contribution in [0.3, 0.4) is 0 Å². The minimum absolute atomic E-state index is 0.0117. The fraction of sp³-hybridized carbons (Fsp3) is 0.350. The van der Waals surface area contributed by atoms with Crippen LogP contribution in [0.1, 0.15) is 36.2 Å². The summed E-state index contributed by atoms with van der Waals surface area (Å²) in [6, 6.07) is 10.0. The van der Waals surface area contributed by atoms with Crippen molar-refractivity contribution >= 4 is 11.6 Å². The van der Waals surface area contributed by atoms with Gasteiger partial charge in [-0.1, -0.05) is 36.4 Å². The van der Waals surface area contributed by atoms with Crippen LogP contribution in [0.25, 0.3) is 5.57 Å². The van der Waals surface area contributed by atoms with Crippen molar-refractivity contribution in [1.82, 2.24) is 20.2 Å². The summed E-state index contributed by atoms with van der Waals surface area (Å²) >= 11 is 0. The van der Waals surface area contributed by atoms with Gasteiger partial charge in [-0.3, -0.25) is 0 Å². The number of fused-ring (bicyclic) bond motifs is 2. The molecule has 0 radical (unpaired) electrons. The Morgan fingerprint density at radius 2 is 1.86 bits per heavy atom. The second-order valence-electron chi connectivity index (χ2n) is 7.01. The van der Waals surface area contributed by atoms with Gasteiger partial charge >= 0.3 is 12.2 Å². The van der Waals surface area contributed by atoms with Crippen LogP contribution >= 0.6 is 0 Å². The third-order valence-corrected chi connectivity index (χ3v) is 5.20. The molecule has 1 aromatic heterocycles. The second-order valence-corrected chi connectivity index (χ2v) is 7.01. The molecule has 4 rings (SSSR count). The third kappa shape index (κ3) is 3.72. The van der Waals surface area contributed by atoms with Crippen LogP contribution in [0.15, 0.2) is 48.8 Å². The molecule has 0 spiro atoms. The summed E-state index contributed by atoms with van der Waals surface area (Å²) in [5.41, 5.74) is 1.52. The minimum atomic E-state index is -4.47. The van der Waals surface area contributed by atoms with Crippen molar-refractivity contribution in [3.8, 4) is 0 Å². The molecule has 1 aromatic carbocycles. The van der Waals surface area contributed by atoms with Gasteiger partial charge in [0.15, 0.2) is 0 Å². The topological polar surface area (TPSA) is 58.1 Å². The zero-order chi connectivity index (χ0) is 19.7. The molecule has 1 saturated heterocycles. The predicted octanol–water partition coefficient (Wildman–Crippen LogP) is 4.03. The fourth-order valence-electron chi connectivity index (χ4n) is 3.85. The first-order valence-electron chi connectivity index (χ1n) is 9.12. The fourth-order valence-corrected chi connectivity index (χ4v) is 3.85.